The summed E-state index contributed by atoms with van der Waals surface area (Å²) in [6.45, 7) is 1.45. The van der Waals surface area contributed by atoms with Crippen molar-refractivity contribution in [2.45, 2.75) is 12.8 Å². The van der Waals surface area contributed by atoms with E-state index in [0.717, 1.165) is 25.9 Å². The van der Waals surface area contributed by atoms with E-state index in [4.69, 9.17) is 29.6 Å². The summed E-state index contributed by atoms with van der Waals surface area (Å²) >= 11 is 10.7. The Morgan fingerprint density at radius 3 is 2.45 bits per heavy atom. The molecule has 3 N–H and O–H groups in total. The summed E-state index contributed by atoms with van der Waals surface area (Å²) in [6.07, 6.45) is 2.00. The molecule has 0 unspecified atom stereocenters. The molecule has 2 rings (SSSR count). The first kappa shape index (κ1) is 14.7. The van der Waals surface area contributed by atoms with Gasteiger partial charge in [0.1, 0.15) is 4.99 Å². The van der Waals surface area contributed by atoms with Crippen molar-refractivity contribution in [3.05, 3.63) is 29.3 Å². The third-order valence-corrected chi connectivity index (χ3v) is 3.42. The number of amides is 1. The highest BCUT2D eigenvalue weighted by Gasteiger charge is 2.24. The van der Waals surface area contributed by atoms with Crippen molar-refractivity contribution in [2.24, 2.45) is 10.8 Å². The van der Waals surface area contributed by atoms with Crippen LogP contribution in [0.1, 0.15) is 12.8 Å². The van der Waals surface area contributed by atoms with Crippen LogP contribution in [0.25, 0.3) is 0 Å². The van der Waals surface area contributed by atoms with E-state index in [2.05, 4.69) is 10.5 Å². The van der Waals surface area contributed by atoms with E-state index in [1.165, 1.54) is 0 Å². The standard InChI is InChI=1S/C13H15ClN4OS/c14-9-3-5-10(6-4-9)16-17-11(12(15)20)13(19)18-7-1-2-8-18/h3-6,16H,1-2,7-8H2,(H2,15,20). The van der Waals surface area contributed by atoms with E-state index in [0.29, 0.717) is 10.7 Å². The Balaban J connectivity index is 2.11. The summed E-state index contributed by atoms with van der Waals surface area (Å²) in [6, 6.07) is 6.96. The van der Waals surface area contributed by atoms with Crippen LogP contribution < -0.4 is 11.2 Å². The third kappa shape index (κ3) is 3.68. The molecule has 0 saturated carbocycles. The van der Waals surface area contributed by atoms with E-state index >= 15 is 0 Å². The molecule has 1 amide bonds. The molecule has 20 heavy (non-hydrogen) atoms. The van der Waals surface area contributed by atoms with Gasteiger partial charge in [-0.1, -0.05) is 23.8 Å². The second-order valence-electron chi connectivity index (χ2n) is 4.44. The maximum Gasteiger partial charge on any atom is 0.277 e. The van der Waals surface area contributed by atoms with Crippen LogP contribution >= 0.6 is 23.8 Å². The molecule has 0 bridgehead atoms. The minimum atomic E-state index is -0.225. The Labute approximate surface area is 127 Å². The molecule has 106 valence electrons. The third-order valence-electron chi connectivity index (χ3n) is 2.97. The van der Waals surface area contributed by atoms with E-state index < -0.39 is 0 Å². The van der Waals surface area contributed by atoms with Gasteiger partial charge in [-0.15, -0.1) is 0 Å². The summed E-state index contributed by atoms with van der Waals surface area (Å²) in [4.78, 5) is 13.9. The molecule has 1 aliphatic rings. The van der Waals surface area contributed by atoms with Crippen molar-refractivity contribution >= 4 is 46.1 Å². The number of hydrazone groups is 1. The zero-order valence-corrected chi connectivity index (χ0v) is 12.4. The second kappa shape index (κ2) is 6.67. The summed E-state index contributed by atoms with van der Waals surface area (Å²) in [5.74, 6) is -0.225. The number of nitrogens with one attached hydrogen (secondary N) is 1. The van der Waals surface area contributed by atoms with Gasteiger partial charge in [-0.3, -0.25) is 10.2 Å². The Morgan fingerprint density at radius 2 is 1.90 bits per heavy atom. The molecule has 1 fully saturated rings. The molecule has 1 heterocycles. The highest BCUT2D eigenvalue weighted by molar-refractivity contribution is 7.82. The van der Waals surface area contributed by atoms with Crippen molar-refractivity contribution in [3.63, 3.8) is 0 Å². The van der Waals surface area contributed by atoms with Crippen LogP contribution in [0, 0.1) is 0 Å². The molecule has 0 radical (unpaired) electrons. The molecular formula is C13H15ClN4OS. The fourth-order valence-electron chi connectivity index (χ4n) is 1.92. The molecule has 0 aliphatic carbocycles. The van der Waals surface area contributed by atoms with Crippen LogP contribution in [0.4, 0.5) is 5.69 Å². The number of hydrogen-bond donors (Lipinski definition) is 2. The number of rotatable bonds is 4. The van der Waals surface area contributed by atoms with Gasteiger partial charge in [0.25, 0.3) is 5.91 Å². The number of halogens is 1. The fraction of sp³-hybridized carbons (Fsp3) is 0.308. The van der Waals surface area contributed by atoms with Gasteiger partial charge in [-0.25, -0.2) is 0 Å². The zero-order valence-electron chi connectivity index (χ0n) is 10.8. The van der Waals surface area contributed by atoms with Gasteiger partial charge in [0.2, 0.25) is 0 Å². The number of carbonyl (C=O) groups is 1. The average molecular weight is 311 g/mol. The second-order valence-corrected chi connectivity index (χ2v) is 5.32. The van der Waals surface area contributed by atoms with E-state index in [1.807, 2.05) is 0 Å². The molecule has 7 heteroatoms. The van der Waals surface area contributed by atoms with Gasteiger partial charge in [-0.2, -0.15) is 5.10 Å². The molecule has 1 aromatic carbocycles. The van der Waals surface area contributed by atoms with Crippen LogP contribution in [0.5, 0.6) is 0 Å². The number of hydrogen-bond acceptors (Lipinski definition) is 4. The topological polar surface area (TPSA) is 70.7 Å². The van der Waals surface area contributed by atoms with Gasteiger partial charge in [0, 0.05) is 18.1 Å². The van der Waals surface area contributed by atoms with Crippen LogP contribution in [0.15, 0.2) is 29.4 Å². The Morgan fingerprint density at radius 1 is 1.30 bits per heavy atom. The molecule has 5 nitrogen and oxygen atoms in total. The van der Waals surface area contributed by atoms with E-state index in [-0.39, 0.29) is 16.6 Å². The van der Waals surface area contributed by atoms with Crippen molar-refractivity contribution in [3.8, 4) is 0 Å². The Bertz CT molecular complexity index is 538. The number of nitrogens with two attached hydrogens (primary N) is 1. The van der Waals surface area contributed by atoms with Crippen molar-refractivity contribution in [1.29, 1.82) is 0 Å². The average Bonchev–Trinajstić information content (AvgIpc) is 2.94. The number of thiocarbonyl (C=S) groups is 1. The highest BCUT2D eigenvalue weighted by Crippen LogP contribution is 2.13. The molecular weight excluding hydrogens is 296 g/mol. The Kier molecular flexibility index (Phi) is 4.92. The first-order valence-electron chi connectivity index (χ1n) is 6.26. The number of anilines is 1. The van der Waals surface area contributed by atoms with Gasteiger partial charge in [0.15, 0.2) is 5.71 Å². The monoisotopic (exact) mass is 310 g/mol. The molecule has 1 aliphatic heterocycles. The number of likely N-dealkylation sites (tertiary alicyclic amines) is 1. The van der Waals surface area contributed by atoms with Crippen LogP contribution in [0.3, 0.4) is 0 Å². The predicted molar refractivity (Wildman–Crippen MR) is 85.1 cm³/mol. The minimum absolute atomic E-state index is 0.0108. The van der Waals surface area contributed by atoms with Gasteiger partial charge in [-0.05, 0) is 37.1 Å². The lowest BCUT2D eigenvalue weighted by molar-refractivity contribution is -0.122. The van der Waals surface area contributed by atoms with Crippen LogP contribution in [-0.4, -0.2) is 34.6 Å². The minimum Gasteiger partial charge on any atom is -0.388 e. The van der Waals surface area contributed by atoms with Crippen LogP contribution in [0.2, 0.25) is 5.02 Å². The first-order chi connectivity index (χ1) is 9.58. The SMILES string of the molecule is NC(=S)C(=NNc1ccc(Cl)cc1)C(=O)N1CCCC1. The molecule has 0 spiro atoms. The molecule has 1 aromatic rings. The van der Waals surface area contributed by atoms with Crippen molar-refractivity contribution < 1.29 is 4.79 Å². The maximum absolute atomic E-state index is 12.2. The van der Waals surface area contributed by atoms with Gasteiger partial charge < -0.3 is 10.6 Å². The number of nitrogens with zero attached hydrogens (tertiary/aromatic N) is 2. The zero-order chi connectivity index (χ0) is 14.5. The summed E-state index contributed by atoms with van der Waals surface area (Å²) in [7, 11) is 0. The van der Waals surface area contributed by atoms with Gasteiger partial charge >= 0.3 is 0 Å². The lowest BCUT2D eigenvalue weighted by Gasteiger charge is -2.15. The predicted octanol–water partition coefficient (Wildman–Crippen LogP) is 2.02. The summed E-state index contributed by atoms with van der Waals surface area (Å²) in [5, 5.41) is 4.66. The maximum atomic E-state index is 12.2. The van der Waals surface area contributed by atoms with Crippen molar-refractivity contribution in [2.75, 3.05) is 18.5 Å². The number of carbonyl (C=O) groups excluding carboxylic acids is 1. The molecule has 0 atom stereocenters. The lowest BCUT2D eigenvalue weighted by atomic mass is 10.3. The van der Waals surface area contributed by atoms with E-state index in [9.17, 15) is 4.79 Å². The van der Waals surface area contributed by atoms with Crippen molar-refractivity contribution in [1.82, 2.24) is 4.90 Å². The first-order valence-corrected chi connectivity index (χ1v) is 7.05. The lowest BCUT2D eigenvalue weighted by Crippen LogP contribution is -2.40. The summed E-state index contributed by atoms with van der Waals surface area (Å²) in [5.41, 5.74) is 9.14. The fourth-order valence-corrected chi connectivity index (χ4v) is 2.18. The molecule has 1 saturated heterocycles. The van der Waals surface area contributed by atoms with E-state index in [1.54, 1.807) is 29.2 Å². The highest BCUT2D eigenvalue weighted by atomic mass is 35.5. The van der Waals surface area contributed by atoms with Gasteiger partial charge in [0.05, 0.1) is 5.69 Å². The molecule has 0 aromatic heterocycles. The largest absolute Gasteiger partial charge is 0.388 e. The van der Waals surface area contributed by atoms with Crippen LogP contribution in [-0.2, 0) is 4.79 Å². The number of benzene rings is 1. The summed E-state index contributed by atoms with van der Waals surface area (Å²) < 4.78 is 0. The Hall–Kier alpha value is -1.66. The quantitative estimate of drug-likeness (QED) is 0.507. The normalized spacial score (nSPS) is 15.2. The smallest absolute Gasteiger partial charge is 0.277 e.